The molecule has 1 unspecified atom stereocenters. The maximum Gasteiger partial charge on any atom is 0.0329 e. The molecule has 1 heterocycles. The van der Waals surface area contributed by atoms with Gasteiger partial charge in [0.15, 0.2) is 0 Å². The highest BCUT2D eigenvalue weighted by Gasteiger charge is 2.31. The van der Waals surface area contributed by atoms with E-state index < -0.39 is 0 Å². The van der Waals surface area contributed by atoms with Gasteiger partial charge < -0.3 is 10.2 Å². The molecule has 2 fully saturated rings. The molecule has 3 nitrogen and oxygen atoms in total. The van der Waals surface area contributed by atoms with E-state index in [1.54, 1.807) is 0 Å². The molecule has 0 bridgehead atoms. The molecule has 0 spiro atoms. The maximum absolute atomic E-state index is 3.51. The Kier molecular flexibility index (Phi) is 5.33. The van der Waals surface area contributed by atoms with E-state index in [1.807, 2.05) is 0 Å². The molecule has 3 rings (SSSR count). The number of hydrogen-bond acceptors (Lipinski definition) is 3. The van der Waals surface area contributed by atoms with Crippen LogP contribution in [0.3, 0.4) is 0 Å². The van der Waals surface area contributed by atoms with Gasteiger partial charge in [0.05, 0.1) is 0 Å². The fourth-order valence-electron chi connectivity index (χ4n) is 3.28. The summed E-state index contributed by atoms with van der Waals surface area (Å²) in [4.78, 5) is 5.31. The lowest BCUT2D eigenvalue weighted by Gasteiger charge is -2.35. The molecule has 116 valence electrons. The first-order chi connectivity index (χ1) is 10.3. The van der Waals surface area contributed by atoms with E-state index in [0.29, 0.717) is 6.04 Å². The lowest BCUT2D eigenvalue weighted by atomic mass is 10.0. The van der Waals surface area contributed by atoms with Crippen LogP contribution in [0.5, 0.6) is 0 Å². The van der Waals surface area contributed by atoms with Gasteiger partial charge in [-0.2, -0.15) is 0 Å². The molecule has 1 aromatic rings. The van der Waals surface area contributed by atoms with Gasteiger partial charge >= 0.3 is 0 Å². The van der Waals surface area contributed by atoms with Crippen molar-refractivity contribution in [3.63, 3.8) is 0 Å². The minimum atomic E-state index is 0.458. The molecule has 1 saturated heterocycles. The zero-order chi connectivity index (χ0) is 14.7. The van der Waals surface area contributed by atoms with Gasteiger partial charge in [0.25, 0.3) is 0 Å². The van der Waals surface area contributed by atoms with Crippen molar-refractivity contribution >= 4 is 15.9 Å². The van der Waals surface area contributed by atoms with Gasteiger partial charge in [-0.3, -0.25) is 4.90 Å². The van der Waals surface area contributed by atoms with Crippen molar-refractivity contribution in [3.8, 4) is 0 Å². The maximum atomic E-state index is 3.51. The number of nitrogens with zero attached hydrogens (tertiary/aromatic N) is 2. The topological polar surface area (TPSA) is 18.5 Å². The van der Waals surface area contributed by atoms with Crippen LogP contribution in [0.4, 0.5) is 0 Å². The third-order valence-corrected chi connectivity index (χ3v) is 5.35. The number of benzene rings is 1. The summed E-state index contributed by atoms with van der Waals surface area (Å²) < 4.78 is 1.15. The molecule has 1 aliphatic carbocycles. The predicted octanol–water partition coefficient (Wildman–Crippen LogP) is 2.88. The van der Waals surface area contributed by atoms with Crippen LogP contribution in [0, 0.1) is 0 Å². The number of nitrogens with one attached hydrogen (secondary N) is 1. The van der Waals surface area contributed by atoms with E-state index in [9.17, 15) is 0 Å². The molecule has 1 N–H and O–H groups in total. The predicted molar refractivity (Wildman–Crippen MR) is 91.6 cm³/mol. The summed E-state index contributed by atoms with van der Waals surface area (Å²) in [7, 11) is 2.07. The summed E-state index contributed by atoms with van der Waals surface area (Å²) in [5.74, 6) is 0. The highest BCUT2D eigenvalue weighted by molar-refractivity contribution is 9.10. The monoisotopic (exact) mass is 351 g/mol. The third-order valence-electron chi connectivity index (χ3n) is 4.82. The van der Waals surface area contributed by atoms with E-state index >= 15 is 0 Å². The standard InChI is InChI=1S/C17H26BrN3/c1-19-17(14-2-4-15(18)5-3-14)8-9-20-10-12-21(13-11-20)16-6-7-16/h2-5,16-17,19H,6-13H2,1H3. The fourth-order valence-corrected chi connectivity index (χ4v) is 3.54. The molecule has 0 aromatic heterocycles. The van der Waals surface area contributed by atoms with Crippen molar-refractivity contribution in [2.24, 2.45) is 0 Å². The van der Waals surface area contributed by atoms with Crippen molar-refractivity contribution in [2.75, 3.05) is 39.8 Å². The molecule has 1 saturated carbocycles. The van der Waals surface area contributed by atoms with Gasteiger partial charge in [0.1, 0.15) is 0 Å². The smallest absolute Gasteiger partial charge is 0.0329 e. The Morgan fingerprint density at radius 1 is 1.14 bits per heavy atom. The number of hydrogen-bond donors (Lipinski definition) is 1. The molecule has 1 aliphatic heterocycles. The quantitative estimate of drug-likeness (QED) is 0.849. The zero-order valence-electron chi connectivity index (χ0n) is 12.9. The fraction of sp³-hybridized carbons (Fsp3) is 0.647. The van der Waals surface area contributed by atoms with E-state index in [1.165, 1.54) is 57.5 Å². The Labute approximate surface area is 136 Å². The highest BCUT2D eigenvalue weighted by Crippen LogP contribution is 2.27. The molecule has 4 heteroatoms. The summed E-state index contributed by atoms with van der Waals surface area (Å²) in [6.45, 7) is 6.22. The van der Waals surface area contributed by atoms with Crippen molar-refractivity contribution in [2.45, 2.75) is 31.3 Å². The van der Waals surface area contributed by atoms with Crippen LogP contribution < -0.4 is 5.32 Å². The van der Waals surface area contributed by atoms with Crippen LogP contribution in [0.1, 0.15) is 30.9 Å². The summed E-state index contributed by atoms with van der Waals surface area (Å²) in [5.41, 5.74) is 1.39. The molecule has 21 heavy (non-hydrogen) atoms. The number of piperazine rings is 1. The molecular weight excluding hydrogens is 326 g/mol. The van der Waals surface area contributed by atoms with Crippen LogP contribution in [0.15, 0.2) is 28.7 Å². The molecule has 1 atom stereocenters. The van der Waals surface area contributed by atoms with Crippen molar-refractivity contribution in [1.29, 1.82) is 0 Å². The average molecular weight is 352 g/mol. The third kappa shape index (κ3) is 4.28. The second-order valence-corrected chi connectivity index (χ2v) is 7.21. The SMILES string of the molecule is CNC(CCN1CCN(C2CC2)CC1)c1ccc(Br)cc1. The summed E-state index contributed by atoms with van der Waals surface area (Å²) >= 11 is 3.51. The minimum absolute atomic E-state index is 0.458. The van der Waals surface area contributed by atoms with Crippen molar-refractivity contribution in [3.05, 3.63) is 34.3 Å². The lowest BCUT2D eigenvalue weighted by molar-refractivity contribution is 0.123. The zero-order valence-corrected chi connectivity index (χ0v) is 14.5. The molecule has 0 amide bonds. The lowest BCUT2D eigenvalue weighted by Crippen LogP contribution is -2.47. The van der Waals surface area contributed by atoms with Crippen LogP contribution in [-0.4, -0.2) is 55.6 Å². The Morgan fingerprint density at radius 2 is 1.81 bits per heavy atom. The second-order valence-electron chi connectivity index (χ2n) is 6.29. The minimum Gasteiger partial charge on any atom is -0.313 e. The number of rotatable bonds is 6. The van der Waals surface area contributed by atoms with Crippen LogP contribution >= 0.6 is 15.9 Å². The van der Waals surface area contributed by atoms with Crippen LogP contribution in [0.2, 0.25) is 0 Å². The van der Waals surface area contributed by atoms with Gasteiger partial charge in [-0.25, -0.2) is 0 Å². The van der Waals surface area contributed by atoms with E-state index in [4.69, 9.17) is 0 Å². The van der Waals surface area contributed by atoms with Gasteiger partial charge in [0.2, 0.25) is 0 Å². The Morgan fingerprint density at radius 3 is 2.38 bits per heavy atom. The van der Waals surface area contributed by atoms with Crippen molar-refractivity contribution < 1.29 is 0 Å². The Bertz CT molecular complexity index is 436. The highest BCUT2D eigenvalue weighted by atomic mass is 79.9. The molecule has 1 aromatic carbocycles. The van der Waals surface area contributed by atoms with E-state index in [0.717, 1.165) is 10.5 Å². The summed E-state index contributed by atoms with van der Waals surface area (Å²) in [6, 6.07) is 10.1. The normalized spacial score (nSPS) is 22.4. The van der Waals surface area contributed by atoms with Gasteiger partial charge in [-0.15, -0.1) is 0 Å². The first-order valence-electron chi connectivity index (χ1n) is 8.15. The van der Waals surface area contributed by atoms with Gasteiger partial charge in [-0.1, -0.05) is 28.1 Å². The first kappa shape index (κ1) is 15.5. The molecular formula is C17H26BrN3. The van der Waals surface area contributed by atoms with Crippen molar-refractivity contribution in [1.82, 2.24) is 15.1 Å². The molecule has 0 radical (unpaired) electrons. The molecule has 2 aliphatic rings. The second kappa shape index (κ2) is 7.23. The van der Waals surface area contributed by atoms with Crippen LogP contribution in [-0.2, 0) is 0 Å². The van der Waals surface area contributed by atoms with E-state index in [-0.39, 0.29) is 0 Å². The van der Waals surface area contributed by atoms with Gasteiger partial charge in [-0.05, 0) is 44.0 Å². The Hall–Kier alpha value is -0.420. The van der Waals surface area contributed by atoms with Gasteiger partial charge in [0, 0.05) is 49.3 Å². The average Bonchev–Trinajstić information content (AvgIpc) is 3.35. The largest absolute Gasteiger partial charge is 0.313 e. The summed E-state index contributed by atoms with van der Waals surface area (Å²) in [6.07, 6.45) is 4.05. The van der Waals surface area contributed by atoms with Crippen LogP contribution in [0.25, 0.3) is 0 Å². The first-order valence-corrected chi connectivity index (χ1v) is 8.94. The van der Waals surface area contributed by atoms with E-state index in [2.05, 4.69) is 62.4 Å². The summed E-state index contributed by atoms with van der Waals surface area (Å²) in [5, 5.41) is 3.46. The number of halogens is 1. The Balaban J connectivity index is 1.45.